The molecule has 0 fully saturated rings. The van der Waals surface area contributed by atoms with E-state index in [1.165, 1.54) is 33.0 Å². The van der Waals surface area contributed by atoms with Gasteiger partial charge in [-0.1, -0.05) is 77.4 Å². The summed E-state index contributed by atoms with van der Waals surface area (Å²) >= 11 is 0. The van der Waals surface area contributed by atoms with E-state index in [0.29, 0.717) is 0 Å². The van der Waals surface area contributed by atoms with Crippen LogP contribution in [0.15, 0.2) is 58.3 Å². The van der Waals surface area contributed by atoms with Crippen molar-refractivity contribution in [2.45, 2.75) is 62.3 Å². The third kappa shape index (κ3) is 3.87. The number of rotatable bonds is 2. The van der Waals surface area contributed by atoms with Gasteiger partial charge in [0, 0.05) is 7.92 Å². The maximum atomic E-state index is 5.23. The van der Waals surface area contributed by atoms with Gasteiger partial charge in [0.1, 0.15) is 0 Å². The van der Waals surface area contributed by atoms with Gasteiger partial charge in [-0.2, -0.15) is 0 Å². The second kappa shape index (κ2) is 7.27. The molecule has 0 saturated heterocycles. The van der Waals surface area contributed by atoms with Crippen LogP contribution >= 0.6 is 7.92 Å². The Morgan fingerprint density at radius 3 is 1.75 bits per heavy atom. The summed E-state index contributed by atoms with van der Waals surface area (Å²) < 4.78 is 0. The molecule has 28 heavy (non-hydrogen) atoms. The van der Waals surface area contributed by atoms with Crippen LogP contribution in [0, 0.1) is 31.6 Å². The molecule has 2 aromatic rings. The average Bonchev–Trinajstić information content (AvgIpc) is 2.52. The highest BCUT2D eigenvalue weighted by molar-refractivity contribution is 7.88. The summed E-state index contributed by atoms with van der Waals surface area (Å²) in [6.45, 7) is 20.8. The number of hydrogen-bond acceptors (Lipinski definition) is 1. The Morgan fingerprint density at radius 1 is 0.750 bits per heavy atom. The molecule has 1 aliphatic rings. The number of para-hydroxylation sites is 1. The lowest BCUT2D eigenvalue weighted by Crippen LogP contribution is -2.36. The Bertz CT molecular complexity index is 927. The second-order valence-corrected chi connectivity index (χ2v) is 12.1. The number of hydrogen-bond donors (Lipinski definition) is 0. The van der Waals surface area contributed by atoms with Gasteiger partial charge in [0.25, 0.3) is 0 Å². The van der Waals surface area contributed by atoms with Gasteiger partial charge in [-0.3, -0.25) is 0 Å². The van der Waals surface area contributed by atoms with E-state index in [-0.39, 0.29) is 10.8 Å². The van der Waals surface area contributed by atoms with Crippen molar-refractivity contribution in [2.24, 2.45) is 15.8 Å². The minimum absolute atomic E-state index is 0.0849. The molecule has 1 unspecified atom stereocenters. The highest BCUT2D eigenvalue weighted by atomic mass is 31.1. The first-order valence-electron chi connectivity index (χ1n) is 10.2. The van der Waals surface area contributed by atoms with Gasteiger partial charge < -0.3 is 0 Å². The Labute approximate surface area is 172 Å². The second-order valence-electron chi connectivity index (χ2n) is 10.1. The van der Waals surface area contributed by atoms with E-state index < -0.39 is 7.92 Å². The summed E-state index contributed by atoms with van der Waals surface area (Å²) in [6, 6.07) is 15.1. The van der Waals surface area contributed by atoms with Crippen molar-refractivity contribution in [3.8, 4) is 0 Å². The van der Waals surface area contributed by atoms with Gasteiger partial charge in [0.05, 0.1) is 11.1 Å². The Kier molecular flexibility index (Phi) is 5.45. The summed E-state index contributed by atoms with van der Waals surface area (Å²) in [6.07, 6.45) is 0. The fourth-order valence-electron chi connectivity index (χ4n) is 4.26. The number of allylic oxidation sites excluding steroid dienone is 2. The number of nitrogens with zero attached hydrogens (tertiary/aromatic N) is 1. The first-order valence-corrected chi connectivity index (χ1v) is 11.5. The van der Waals surface area contributed by atoms with Crippen LogP contribution in [0.4, 0.5) is 5.69 Å². The quantitative estimate of drug-likeness (QED) is 0.463. The number of aliphatic imine (C=N–C) groups is 1. The van der Waals surface area contributed by atoms with E-state index in [4.69, 9.17) is 4.99 Å². The van der Waals surface area contributed by atoms with Crippen molar-refractivity contribution in [3.63, 3.8) is 0 Å². The Balaban J connectivity index is 2.32. The van der Waals surface area contributed by atoms with E-state index in [0.717, 1.165) is 5.69 Å². The third-order valence-corrected chi connectivity index (χ3v) is 8.45. The van der Waals surface area contributed by atoms with E-state index in [1.807, 2.05) is 0 Å². The Morgan fingerprint density at radius 2 is 1.29 bits per heavy atom. The molecule has 0 amide bonds. The van der Waals surface area contributed by atoms with Gasteiger partial charge in [-0.05, 0) is 71.1 Å². The van der Waals surface area contributed by atoms with Crippen LogP contribution in [-0.2, 0) is 0 Å². The van der Waals surface area contributed by atoms with Crippen molar-refractivity contribution in [3.05, 3.63) is 70.0 Å². The molecule has 0 bridgehead atoms. The Hall–Kier alpha value is -1.72. The predicted molar refractivity (Wildman–Crippen MR) is 127 cm³/mol. The molecule has 0 saturated carbocycles. The van der Waals surface area contributed by atoms with Gasteiger partial charge in [-0.15, -0.1) is 0 Å². The molecule has 0 spiro atoms. The van der Waals surface area contributed by atoms with Crippen molar-refractivity contribution in [2.75, 3.05) is 0 Å². The highest BCUT2D eigenvalue weighted by Gasteiger charge is 2.47. The normalized spacial score (nSPS) is 19.2. The standard InChI is InChI=1S/C26H34NP/c1-17-15-18(2)22(19(3)16-17)28-23(26(7,8)9)21(25(4,5)6)24(28)27-20-13-11-10-12-14-20/h10-16H,1-9H3. The first kappa shape index (κ1) is 21.0. The SMILES string of the molecule is Cc1cc(C)c(P2C(=Nc3ccccc3)C(C(C)(C)C)=C2C(C)(C)C)c(C)c1. The largest absolute Gasteiger partial charge is 0.248 e. The van der Waals surface area contributed by atoms with Crippen molar-refractivity contribution in [1.82, 2.24) is 0 Å². The molecule has 1 atom stereocenters. The predicted octanol–water partition coefficient (Wildman–Crippen LogP) is 7.81. The fraction of sp³-hybridized carbons (Fsp3) is 0.423. The highest BCUT2D eigenvalue weighted by Crippen LogP contribution is 2.68. The zero-order chi connectivity index (χ0) is 20.9. The lowest BCUT2D eigenvalue weighted by molar-refractivity contribution is 0.475. The van der Waals surface area contributed by atoms with Crippen LogP contribution in [0.1, 0.15) is 58.2 Å². The molecular weight excluding hydrogens is 357 g/mol. The monoisotopic (exact) mass is 391 g/mol. The van der Waals surface area contributed by atoms with Crippen LogP contribution in [0.5, 0.6) is 0 Å². The van der Waals surface area contributed by atoms with E-state index in [2.05, 4.69) is 105 Å². The summed E-state index contributed by atoms with van der Waals surface area (Å²) in [4.78, 5) is 5.23. The molecular formula is C26H34NP. The van der Waals surface area contributed by atoms with Crippen LogP contribution in [0.2, 0.25) is 0 Å². The third-order valence-electron chi connectivity index (χ3n) is 5.21. The topological polar surface area (TPSA) is 12.4 Å². The van der Waals surface area contributed by atoms with Gasteiger partial charge in [-0.25, -0.2) is 4.99 Å². The molecule has 1 nitrogen and oxygen atoms in total. The van der Waals surface area contributed by atoms with Crippen LogP contribution in [0.3, 0.4) is 0 Å². The lowest BCUT2D eigenvalue weighted by Gasteiger charge is -2.48. The van der Waals surface area contributed by atoms with Crippen LogP contribution in [-0.4, -0.2) is 5.45 Å². The van der Waals surface area contributed by atoms with E-state index >= 15 is 0 Å². The van der Waals surface area contributed by atoms with Gasteiger partial charge in [0.2, 0.25) is 0 Å². The molecule has 1 heterocycles. The molecule has 3 rings (SSSR count). The number of aryl methyl sites for hydroxylation is 3. The number of benzene rings is 2. The summed E-state index contributed by atoms with van der Waals surface area (Å²) in [7, 11) is -0.560. The van der Waals surface area contributed by atoms with Crippen LogP contribution in [0.25, 0.3) is 0 Å². The molecule has 0 N–H and O–H groups in total. The fourth-order valence-corrected chi connectivity index (χ4v) is 7.79. The maximum Gasteiger partial charge on any atom is 0.0766 e. The van der Waals surface area contributed by atoms with Crippen LogP contribution < -0.4 is 5.30 Å². The minimum atomic E-state index is -0.560. The van der Waals surface area contributed by atoms with Gasteiger partial charge >= 0.3 is 0 Å². The molecule has 0 aliphatic carbocycles. The zero-order valence-electron chi connectivity index (χ0n) is 18.9. The van der Waals surface area contributed by atoms with E-state index in [1.54, 1.807) is 5.31 Å². The molecule has 148 valence electrons. The average molecular weight is 392 g/mol. The summed E-state index contributed by atoms with van der Waals surface area (Å²) in [5, 5.41) is 3.12. The smallest absolute Gasteiger partial charge is 0.0766 e. The van der Waals surface area contributed by atoms with Crippen molar-refractivity contribution < 1.29 is 0 Å². The summed E-state index contributed by atoms with van der Waals surface area (Å²) in [5.74, 6) is 0. The molecule has 2 aromatic carbocycles. The zero-order valence-corrected chi connectivity index (χ0v) is 19.8. The molecule has 1 aliphatic heterocycles. The van der Waals surface area contributed by atoms with Crippen molar-refractivity contribution in [1.29, 1.82) is 0 Å². The van der Waals surface area contributed by atoms with Crippen molar-refractivity contribution >= 4 is 24.4 Å². The van der Waals surface area contributed by atoms with E-state index in [9.17, 15) is 0 Å². The van der Waals surface area contributed by atoms with Gasteiger partial charge in [0.15, 0.2) is 0 Å². The molecule has 0 aromatic heterocycles. The lowest BCUT2D eigenvalue weighted by atomic mass is 9.80. The molecule has 2 heteroatoms. The first-order chi connectivity index (χ1) is 12.9. The molecule has 0 radical (unpaired) electrons. The summed E-state index contributed by atoms with van der Waals surface area (Å²) in [5.41, 5.74) is 8.20. The minimum Gasteiger partial charge on any atom is -0.248 e. The maximum absolute atomic E-state index is 5.23.